The largest absolute Gasteiger partial charge is 0.352 e. The van der Waals surface area contributed by atoms with Gasteiger partial charge in [0.25, 0.3) is 5.91 Å². The number of sulfonamides is 1. The first kappa shape index (κ1) is 21.7. The quantitative estimate of drug-likeness (QED) is 0.740. The number of rotatable bonds is 6. The Bertz CT molecular complexity index is 956. The van der Waals surface area contributed by atoms with Gasteiger partial charge in [0.05, 0.1) is 5.02 Å². The molecule has 0 radical (unpaired) electrons. The van der Waals surface area contributed by atoms with Gasteiger partial charge in [0.1, 0.15) is 10.7 Å². The summed E-state index contributed by atoms with van der Waals surface area (Å²) < 4.78 is 40.5. The van der Waals surface area contributed by atoms with Gasteiger partial charge >= 0.3 is 0 Å². The number of halogens is 2. The van der Waals surface area contributed by atoms with Crippen LogP contribution < -0.4 is 5.32 Å². The van der Waals surface area contributed by atoms with Gasteiger partial charge in [0.2, 0.25) is 10.0 Å². The van der Waals surface area contributed by atoms with Crippen molar-refractivity contribution in [1.82, 2.24) is 9.62 Å². The molecule has 0 aromatic heterocycles. The Kier molecular flexibility index (Phi) is 7.27. The minimum absolute atomic E-state index is 0.0350. The molecule has 5 nitrogen and oxygen atoms in total. The van der Waals surface area contributed by atoms with Crippen molar-refractivity contribution >= 4 is 27.5 Å². The van der Waals surface area contributed by atoms with E-state index in [1.165, 1.54) is 34.6 Å². The standard InChI is InChI=1S/C21H24ClFN2O3S/c22-19-10-7-17(21(26)24-12-11-16-5-8-18(23)9-6-16)15-20(19)29(27,28)25-13-3-1-2-4-14-25/h5-10,15H,1-4,11-14H2,(H,24,26). The number of carbonyl (C=O) groups is 1. The van der Waals surface area contributed by atoms with Crippen molar-refractivity contribution in [1.29, 1.82) is 0 Å². The van der Waals surface area contributed by atoms with E-state index in [0.29, 0.717) is 26.1 Å². The van der Waals surface area contributed by atoms with Crippen molar-refractivity contribution in [3.8, 4) is 0 Å². The lowest BCUT2D eigenvalue weighted by Crippen LogP contribution is -2.32. The minimum atomic E-state index is -3.75. The van der Waals surface area contributed by atoms with E-state index < -0.39 is 10.0 Å². The molecule has 1 aliphatic heterocycles. The lowest BCUT2D eigenvalue weighted by atomic mass is 10.1. The van der Waals surface area contributed by atoms with E-state index in [-0.39, 0.29) is 27.2 Å². The maximum atomic E-state index is 13.0. The number of hydrogen-bond acceptors (Lipinski definition) is 3. The van der Waals surface area contributed by atoms with Crippen LogP contribution in [0.1, 0.15) is 41.6 Å². The normalized spacial score (nSPS) is 15.7. The van der Waals surface area contributed by atoms with Gasteiger partial charge < -0.3 is 5.32 Å². The van der Waals surface area contributed by atoms with Crippen LogP contribution in [0.25, 0.3) is 0 Å². The molecular weight excluding hydrogens is 415 g/mol. The summed E-state index contributed by atoms with van der Waals surface area (Å²) in [6.07, 6.45) is 4.20. The monoisotopic (exact) mass is 438 g/mol. The number of nitrogens with one attached hydrogen (secondary N) is 1. The lowest BCUT2D eigenvalue weighted by molar-refractivity contribution is 0.0954. The third kappa shape index (κ3) is 5.56. The van der Waals surface area contributed by atoms with Gasteiger partial charge in [-0.05, 0) is 55.2 Å². The summed E-state index contributed by atoms with van der Waals surface area (Å²) in [5.74, 6) is -0.687. The van der Waals surface area contributed by atoms with Crippen LogP contribution in [0.5, 0.6) is 0 Å². The predicted molar refractivity (Wildman–Crippen MR) is 111 cm³/mol. The van der Waals surface area contributed by atoms with Gasteiger partial charge in [-0.1, -0.05) is 36.6 Å². The number of amides is 1. The molecular formula is C21H24ClFN2O3S. The van der Waals surface area contributed by atoms with Crippen LogP contribution in [0.2, 0.25) is 5.02 Å². The van der Waals surface area contributed by atoms with Crippen molar-refractivity contribution in [3.63, 3.8) is 0 Å². The van der Waals surface area contributed by atoms with Gasteiger partial charge in [-0.2, -0.15) is 4.31 Å². The number of benzene rings is 2. The maximum absolute atomic E-state index is 13.0. The molecule has 0 spiro atoms. The maximum Gasteiger partial charge on any atom is 0.251 e. The highest BCUT2D eigenvalue weighted by atomic mass is 35.5. The molecule has 1 fully saturated rings. The zero-order valence-corrected chi connectivity index (χ0v) is 17.6. The van der Waals surface area contributed by atoms with Gasteiger partial charge in [-0.15, -0.1) is 0 Å². The molecule has 2 aromatic carbocycles. The Balaban J connectivity index is 1.70. The topological polar surface area (TPSA) is 66.5 Å². The molecule has 0 unspecified atom stereocenters. The Morgan fingerprint density at radius 2 is 1.69 bits per heavy atom. The fourth-order valence-electron chi connectivity index (χ4n) is 3.34. The van der Waals surface area contributed by atoms with Crippen molar-refractivity contribution < 1.29 is 17.6 Å². The average molecular weight is 439 g/mol. The second-order valence-electron chi connectivity index (χ2n) is 7.10. The predicted octanol–water partition coefficient (Wildman–Crippen LogP) is 4.02. The zero-order valence-electron chi connectivity index (χ0n) is 16.0. The summed E-state index contributed by atoms with van der Waals surface area (Å²) in [6.45, 7) is 1.28. The molecule has 1 saturated heterocycles. The van der Waals surface area contributed by atoms with E-state index in [1.54, 1.807) is 12.1 Å². The molecule has 0 bridgehead atoms. The van der Waals surface area contributed by atoms with Crippen molar-refractivity contribution in [2.45, 2.75) is 37.0 Å². The van der Waals surface area contributed by atoms with Crippen LogP contribution in [0.3, 0.4) is 0 Å². The highest BCUT2D eigenvalue weighted by molar-refractivity contribution is 7.89. The van der Waals surface area contributed by atoms with Crippen LogP contribution in [0, 0.1) is 5.82 Å². The molecule has 3 rings (SSSR count). The second kappa shape index (κ2) is 9.69. The summed E-state index contributed by atoms with van der Waals surface area (Å²) in [6, 6.07) is 10.4. The van der Waals surface area contributed by atoms with Crippen LogP contribution in [-0.4, -0.2) is 38.3 Å². The van der Waals surface area contributed by atoms with Crippen LogP contribution in [0.15, 0.2) is 47.4 Å². The summed E-state index contributed by atoms with van der Waals surface area (Å²) in [4.78, 5) is 12.5. The van der Waals surface area contributed by atoms with E-state index in [4.69, 9.17) is 11.6 Å². The van der Waals surface area contributed by atoms with Crippen LogP contribution in [-0.2, 0) is 16.4 Å². The number of carbonyl (C=O) groups excluding carboxylic acids is 1. The molecule has 1 heterocycles. The molecule has 8 heteroatoms. The number of nitrogens with zero attached hydrogens (tertiary/aromatic N) is 1. The van der Waals surface area contributed by atoms with E-state index >= 15 is 0 Å². The number of hydrogen-bond donors (Lipinski definition) is 1. The SMILES string of the molecule is O=C(NCCc1ccc(F)cc1)c1ccc(Cl)c(S(=O)(=O)N2CCCCCC2)c1. The van der Waals surface area contributed by atoms with E-state index in [0.717, 1.165) is 31.2 Å². The molecule has 29 heavy (non-hydrogen) atoms. The molecule has 0 saturated carbocycles. The van der Waals surface area contributed by atoms with E-state index in [9.17, 15) is 17.6 Å². The Labute approximate surface area is 175 Å². The minimum Gasteiger partial charge on any atom is -0.352 e. The Morgan fingerprint density at radius 3 is 2.34 bits per heavy atom. The molecule has 2 aromatic rings. The van der Waals surface area contributed by atoms with Crippen LogP contribution >= 0.6 is 11.6 Å². The highest BCUT2D eigenvalue weighted by Crippen LogP contribution is 2.27. The fraction of sp³-hybridized carbons (Fsp3) is 0.381. The third-order valence-corrected chi connectivity index (χ3v) is 7.37. The molecule has 156 valence electrons. The second-order valence-corrected chi connectivity index (χ2v) is 9.41. The highest BCUT2D eigenvalue weighted by Gasteiger charge is 2.28. The molecule has 1 amide bonds. The van der Waals surface area contributed by atoms with E-state index in [2.05, 4.69) is 5.32 Å². The van der Waals surface area contributed by atoms with Crippen molar-refractivity contribution in [3.05, 3.63) is 64.4 Å². The first-order chi connectivity index (χ1) is 13.9. The summed E-state index contributed by atoms with van der Waals surface area (Å²) in [5, 5.41) is 2.87. The van der Waals surface area contributed by atoms with E-state index in [1.807, 2.05) is 0 Å². The van der Waals surface area contributed by atoms with Crippen molar-refractivity contribution in [2.24, 2.45) is 0 Å². The van der Waals surface area contributed by atoms with Crippen LogP contribution in [0.4, 0.5) is 4.39 Å². The average Bonchev–Trinajstić information content (AvgIpc) is 3.00. The first-order valence-corrected chi connectivity index (χ1v) is 11.5. The fourth-order valence-corrected chi connectivity index (χ4v) is 5.35. The summed E-state index contributed by atoms with van der Waals surface area (Å²) in [7, 11) is -3.75. The summed E-state index contributed by atoms with van der Waals surface area (Å²) in [5.41, 5.74) is 1.13. The smallest absolute Gasteiger partial charge is 0.251 e. The Hall–Kier alpha value is -1.96. The summed E-state index contributed by atoms with van der Waals surface area (Å²) >= 11 is 6.17. The molecule has 1 aliphatic rings. The van der Waals surface area contributed by atoms with Gasteiger partial charge in [0.15, 0.2) is 0 Å². The molecule has 1 N–H and O–H groups in total. The zero-order chi connectivity index (χ0) is 20.9. The molecule has 0 atom stereocenters. The van der Waals surface area contributed by atoms with Crippen molar-refractivity contribution in [2.75, 3.05) is 19.6 Å². The van der Waals surface area contributed by atoms with Gasteiger partial charge in [0, 0.05) is 25.2 Å². The third-order valence-electron chi connectivity index (χ3n) is 4.99. The van der Waals surface area contributed by atoms with Gasteiger partial charge in [-0.25, -0.2) is 12.8 Å². The Morgan fingerprint density at radius 1 is 1.03 bits per heavy atom. The first-order valence-electron chi connectivity index (χ1n) is 9.70. The lowest BCUT2D eigenvalue weighted by Gasteiger charge is -2.21. The van der Waals surface area contributed by atoms with Gasteiger partial charge in [-0.3, -0.25) is 4.79 Å². The molecule has 0 aliphatic carbocycles.